The van der Waals surface area contributed by atoms with Crippen molar-refractivity contribution in [3.05, 3.63) is 54.2 Å². The highest BCUT2D eigenvalue weighted by atomic mass is 19.4. The van der Waals surface area contributed by atoms with Gasteiger partial charge in [0, 0.05) is 30.2 Å². The number of fused-ring (bicyclic) bond motifs is 2. The molecule has 0 spiro atoms. The first kappa shape index (κ1) is 23.5. The van der Waals surface area contributed by atoms with Crippen molar-refractivity contribution in [3.8, 4) is 17.3 Å². The summed E-state index contributed by atoms with van der Waals surface area (Å²) in [6.45, 7) is 6.08. The van der Waals surface area contributed by atoms with Crippen molar-refractivity contribution in [3.63, 3.8) is 0 Å². The van der Waals surface area contributed by atoms with Gasteiger partial charge in [-0.2, -0.15) is 13.2 Å². The number of para-hydroxylation sites is 1. The first-order valence-corrected chi connectivity index (χ1v) is 11.5. The van der Waals surface area contributed by atoms with Crippen molar-refractivity contribution < 1.29 is 17.9 Å². The SMILES string of the molecule is CC(C)Oc1cccc2ccc(-c3nnc4ccc([C@@H](N5CCC(C)(N)C5)C(F)(F)F)cn34)nc12. The Morgan fingerprint density at radius 3 is 2.57 bits per heavy atom. The highest BCUT2D eigenvalue weighted by molar-refractivity contribution is 5.86. The number of pyridine rings is 2. The summed E-state index contributed by atoms with van der Waals surface area (Å²) in [5.41, 5.74) is 7.16. The monoisotopic (exact) mass is 484 g/mol. The molecule has 3 aromatic heterocycles. The number of nitrogens with two attached hydrogens (primary N) is 1. The van der Waals surface area contributed by atoms with Crippen LogP contribution in [0.2, 0.25) is 0 Å². The Morgan fingerprint density at radius 1 is 1.09 bits per heavy atom. The Kier molecular flexibility index (Phi) is 5.68. The third kappa shape index (κ3) is 4.55. The molecule has 10 heteroatoms. The fraction of sp³-hybridized carbons (Fsp3) is 0.400. The molecule has 0 aliphatic carbocycles. The van der Waals surface area contributed by atoms with Crippen molar-refractivity contribution in [2.45, 2.75) is 51.1 Å². The summed E-state index contributed by atoms with van der Waals surface area (Å²) in [5, 5.41) is 9.28. The number of hydrogen-bond acceptors (Lipinski definition) is 6. The molecule has 184 valence electrons. The van der Waals surface area contributed by atoms with Gasteiger partial charge in [-0.15, -0.1) is 10.2 Å². The topological polar surface area (TPSA) is 81.6 Å². The van der Waals surface area contributed by atoms with Gasteiger partial charge in [0.1, 0.15) is 23.0 Å². The molecule has 5 rings (SSSR count). The molecule has 35 heavy (non-hydrogen) atoms. The van der Waals surface area contributed by atoms with Crippen molar-refractivity contribution in [1.29, 1.82) is 0 Å². The van der Waals surface area contributed by atoms with Gasteiger partial charge in [0.15, 0.2) is 11.5 Å². The summed E-state index contributed by atoms with van der Waals surface area (Å²) in [7, 11) is 0. The van der Waals surface area contributed by atoms with Crippen molar-refractivity contribution in [2.75, 3.05) is 13.1 Å². The number of halogens is 3. The zero-order valence-corrected chi connectivity index (χ0v) is 19.8. The minimum absolute atomic E-state index is 0.0391. The molecule has 1 fully saturated rings. The second-order valence-electron chi connectivity index (χ2n) is 9.72. The third-order valence-electron chi connectivity index (χ3n) is 6.23. The molecule has 0 radical (unpaired) electrons. The van der Waals surface area contributed by atoms with E-state index in [2.05, 4.69) is 10.2 Å². The van der Waals surface area contributed by atoms with Gasteiger partial charge in [-0.3, -0.25) is 9.30 Å². The van der Waals surface area contributed by atoms with Gasteiger partial charge < -0.3 is 10.5 Å². The van der Waals surface area contributed by atoms with Gasteiger partial charge in [0.25, 0.3) is 0 Å². The van der Waals surface area contributed by atoms with Crippen LogP contribution in [0.1, 0.15) is 38.8 Å². The van der Waals surface area contributed by atoms with Gasteiger partial charge in [0.05, 0.1) is 6.10 Å². The first-order valence-electron chi connectivity index (χ1n) is 11.5. The number of alkyl halides is 3. The predicted molar refractivity (Wildman–Crippen MR) is 127 cm³/mol. The van der Waals surface area contributed by atoms with Crippen LogP contribution in [0, 0.1) is 0 Å². The van der Waals surface area contributed by atoms with Crippen LogP contribution in [0.25, 0.3) is 28.1 Å². The minimum Gasteiger partial charge on any atom is -0.489 e. The molecule has 7 nitrogen and oxygen atoms in total. The molecular weight excluding hydrogens is 457 g/mol. The molecule has 1 unspecified atom stereocenters. The number of hydrogen-bond donors (Lipinski definition) is 1. The molecule has 0 saturated carbocycles. The molecule has 1 aromatic carbocycles. The zero-order valence-electron chi connectivity index (χ0n) is 19.8. The zero-order chi connectivity index (χ0) is 25.0. The highest BCUT2D eigenvalue weighted by Gasteiger charge is 2.48. The van der Waals surface area contributed by atoms with Crippen molar-refractivity contribution in [1.82, 2.24) is 24.5 Å². The second kappa shape index (κ2) is 8.46. The summed E-state index contributed by atoms with van der Waals surface area (Å²) in [6, 6.07) is 10.6. The van der Waals surface area contributed by atoms with E-state index < -0.39 is 17.8 Å². The van der Waals surface area contributed by atoms with Gasteiger partial charge in [0.2, 0.25) is 0 Å². The van der Waals surface area contributed by atoms with Crippen LogP contribution in [0.5, 0.6) is 5.75 Å². The summed E-state index contributed by atoms with van der Waals surface area (Å²) in [4.78, 5) is 6.14. The van der Waals surface area contributed by atoms with Crippen LogP contribution < -0.4 is 10.5 Å². The molecule has 1 aliphatic rings. The van der Waals surface area contributed by atoms with E-state index in [1.165, 1.54) is 17.2 Å². The number of likely N-dealkylation sites (tertiary alicyclic amines) is 1. The quantitative estimate of drug-likeness (QED) is 0.440. The van der Waals surface area contributed by atoms with Crippen LogP contribution in [-0.2, 0) is 0 Å². The van der Waals surface area contributed by atoms with Gasteiger partial charge in [-0.25, -0.2) is 4.98 Å². The van der Waals surface area contributed by atoms with E-state index in [-0.39, 0.29) is 24.8 Å². The number of rotatable bonds is 5. The lowest BCUT2D eigenvalue weighted by Crippen LogP contribution is -2.43. The Balaban J connectivity index is 1.60. The van der Waals surface area contributed by atoms with E-state index >= 15 is 0 Å². The average molecular weight is 485 g/mol. The molecule has 2 N–H and O–H groups in total. The maximum absolute atomic E-state index is 14.2. The van der Waals surface area contributed by atoms with Crippen LogP contribution in [0.3, 0.4) is 0 Å². The van der Waals surface area contributed by atoms with Crippen molar-refractivity contribution in [2.24, 2.45) is 5.73 Å². The number of ether oxygens (including phenoxy) is 1. The minimum atomic E-state index is -4.47. The maximum Gasteiger partial charge on any atom is 0.408 e. The van der Waals surface area contributed by atoms with Crippen molar-refractivity contribution >= 4 is 16.6 Å². The van der Waals surface area contributed by atoms with E-state index in [0.29, 0.717) is 34.9 Å². The fourth-order valence-corrected chi connectivity index (χ4v) is 4.69. The number of benzene rings is 1. The van der Waals surface area contributed by atoms with E-state index in [9.17, 15) is 13.2 Å². The van der Waals surface area contributed by atoms with Gasteiger partial charge in [-0.1, -0.05) is 24.3 Å². The van der Waals surface area contributed by atoms with E-state index in [1.807, 2.05) is 38.1 Å². The van der Waals surface area contributed by atoms with Crippen LogP contribution in [-0.4, -0.2) is 55.4 Å². The van der Waals surface area contributed by atoms with Gasteiger partial charge >= 0.3 is 6.18 Å². The molecule has 0 bridgehead atoms. The van der Waals surface area contributed by atoms with Crippen LogP contribution in [0.4, 0.5) is 13.2 Å². The predicted octanol–water partition coefficient (Wildman–Crippen LogP) is 4.76. The Labute approximate surface area is 200 Å². The summed E-state index contributed by atoms with van der Waals surface area (Å²) < 4.78 is 50.2. The molecule has 0 amide bonds. The highest BCUT2D eigenvalue weighted by Crippen LogP contribution is 2.41. The van der Waals surface area contributed by atoms with E-state index in [4.69, 9.17) is 15.5 Å². The molecule has 4 heterocycles. The van der Waals surface area contributed by atoms with Crippen LogP contribution >= 0.6 is 0 Å². The number of nitrogens with zero attached hydrogens (tertiary/aromatic N) is 5. The lowest BCUT2D eigenvalue weighted by molar-refractivity contribution is -0.184. The van der Waals surface area contributed by atoms with Crippen LogP contribution in [0.15, 0.2) is 48.7 Å². The largest absolute Gasteiger partial charge is 0.489 e. The molecule has 4 aromatic rings. The Hall–Kier alpha value is -3.24. The summed E-state index contributed by atoms with van der Waals surface area (Å²) >= 11 is 0. The molecule has 1 aliphatic heterocycles. The maximum atomic E-state index is 14.2. The lowest BCUT2D eigenvalue weighted by Gasteiger charge is -2.31. The molecule has 1 saturated heterocycles. The standard InChI is InChI=1S/C25H27F3N6O/c1-15(2)35-19-6-4-5-16-7-9-18(30-21(16)19)23-32-31-20-10-8-17(13-34(20)23)22(25(26,27)28)33-12-11-24(3,29)14-33/h4-10,13,15,22H,11-12,14,29H2,1-3H3/t22-,24?/m1/s1. The summed E-state index contributed by atoms with van der Waals surface area (Å²) in [6.07, 6.45) is -2.55. The number of aromatic nitrogens is 4. The Bertz CT molecular complexity index is 1380. The second-order valence-corrected chi connectivity index (χ2v) is 9.72. The Morgan fingerprint density at radius 2 is 1.89 bits per heavy atom. The smallest absolute Gasteiger partial charge is 0.408 e. The average Bonchev–Trinajstić information content (AvgIpc) is 3.35. The van der Waals surface area contributed by atoms with E-state index in [1.54, 1.807) is 23.5 Å². The first-order chi connectivity index (χ1) is 16.5. The fourth-order valence-electron chi connectivity index (χ4n) is 4.69. The molecular formula is C25H27F3N6O. The molecule has 2 atom stereocenters. The summed E-state index contributed by atoms with van der Waals surface area (Å²) in [5.74, 6) is 0.985. The third-order valence-corrected chi connectivity index (χ3v) is 6.23. The van der Waals surface area contributed by atoms with E-state index in [0.717, 1.165) is 5.39 Å². The normalized spacial score (nSPS) is 20.2. The van der Waals surface area contributed by atoms with Gasteiger partial charge in [-0.05, 0) is 51.0 Å². The lowest BCUT2D eigenvalue weighted by atomic mass is 10.0.